The third kappa shape index (κ3) is 4.38. The highest BCUT2D eigenvalue weighted by atomic mass is 35.5. The molecule has 6 nitrogen and oxygen atoms in total. The van der Waals surface area contributed by atoms with Crippen LogP contribution in [-0.2, 0) is 6.42 Å². The van der Waals surface area contributed by atoms with Crippen LogP contribution in [0.4, 0.5) is 5.82 Å². The highest BCUT2D eigenvalue weighted by Gasteiger charge is 2.32. The summed E-state index contributed by atoms with van der Waals surface area (Å²) in [6, 6.07) is 8.20. The molecule has 1 aromatic carbocycles. The van der Waals surface area contributed by atoms with Crippen molar-refractivity contribution in [2.75, 3.05) is 18.9 Å². The van der Waals surface area contributed by atoms with Gasteiger partial charge in [-0.15, -0.1) is 11.3 Å². The third-order valence-electron chi connectivity index (χ3n) is 7.01. The minimum absolute atomic E-state index is 0.0233. The van der Waals surface area contributed by atoms with Crippen molar-refractivity contribution >= 4 is 34.5 Å². The predicted octanol–water partition coefficient (Wildman–Crippen LogP) is 4.69. The van der Waals surface area contributed by atoms with Crippen LogP contribution in [0.25, 0.3) is 0 Å². The zero-order valence-electron chi connectivity index (χ0n) is 19.3. The smallest absolute Gasteiger partial charge is 0.208 e. The molecule has 0 bridgehead atoms. The Hall–Kier alpha value is -2.32. The zero-order chi connectivity index (χ0) is 24.0. The molecule has 1 fully saturated rings. The normalized spacial score (nSPS) is 24.7. The summed E-state index contributed by atoms with van der Waals surface area (Å²) in [6.45, 7) is 7.01. The van der Waals surface area contributed by atoms with E-state index in [0.29, 0.717) is 22.7 Å². The largest absolute Gasteiger partial charge is 0.393 e. The van der Waals surface area contributed by atoms with Crippen molar-refractivity contribution in [2.24, 2.45) is 5.92 Å². The molecule has 2 N–H and O–H groups in total. The number of ketones is 1. The number of halogens is 1. The molecule has 0 spiro atoms. The number of anilines is 1. The van der Waals surface area contributed by atoms with Crippen LogP contribution >= 0.6 is 22.9 Å². The maximum Gasteiger partial charge on any atom is 0.208 e. The van der Waals surface area contributed by atoms with Gasteiger partial charge in [-0.3, -0.25) is 9.69 Å². The molecule has 0 saturated heterocycles. The summed E-state index contributed by atoms with van der Waals surface area (Å²) < 4.78 is 0. The van der Waals surface area contributed by atoms with E-state index in [1.165, 1.54) is 28.8 Å². The lowest BCUT2D eigenvalue weighted by atomic mass is 9.88. The van der Waals surface area contributed by atoms with Gasteiger partial charge in [-0.1, -0.05) is 17.7 Å². The van der Waals surface area contributed by atoms with Gasteiger partial charge >= 0.3 is 0 Å². The van der Waals surface area contributed by atoms with E-state index in [1.54, 1.807) is 6.20 Å². The van der Waals surface area contributed by atoms with Crippen molar-refractivity contribution < 1.29 is 9.90 Å². The van der Waals surface area contributed by atoms with E-state index < -0.39 is 6.10 Å². The number of rotatable bonds is 5. The number of aryl methyl sites for hydroxylation is 1. The number of carbonyl (C=O) groups excluding carboxylic acids is 1. The summed E-state index contributed by atoms with van der Waals surface area (Å²) >= 11 is 7.85. The molecular weight excluding hydrogens is 468 g/mol. The Morgan fingerprint density at radius 3 is 2.88 bits per heavy atom. The van der Waals surface area contributed by atoms with Gasteiger partial charge < -0.3 is 10.4 Å². The number of benzene rings is 1. The van der Waals surface area contributed by atoms with Crippen molar-refractivity contribution in [2.45, 2.75) is 44.4 Å². The molecule has 0 amide bonds. The van der Waals surface area contributed by atoms with Gasteiger partial charge in [0, 0.05) is 28.7 Å². The Balaban J connectivity index is 1.46. The molecule has 1 aliphatic carbocycles. The van der Waals surface area contributed by atoms with Gasteiger partial charge in [0.1, 0.15) is 12.1 Å². The summed E-state index contributed by atoms with van der Waals surface area (Å²) in [7, 11) is 2.12. The lowest BCUT2D eigenvalue weighted by Gasteiger charge is -2.35. The quantitative estimate of drug-likeness (QED) is 0.500. The Morgan fingerprint density at radius 2 is 2.12 bits per heavy atom. The molecule has 1 aliphatic heterocycles. The third-order valence-corrected chi connectivity index (χ3v) is 8.31. The molecule has 177 valence electrons. The van der Waals surface area contributed by atoms with Gasteiger partial charge in [0.25, 0.3) is 0 Å². The van der Waals surface area contributed by atoms with Gasteiger partial charge in [0.05, 0.1) is 22.6 Å². The molecule has 34 heavy (non-hydrogen) atoms. The number of aliphatic hydroxyl groups is 1. The number of nitrogens with one attached hydrogen (secondary N) is 1. The fourth-order valence-corrected chi connectivity index (χ4v) is 6.34. The number of aliphatic hydroxyl groups excluding tert-OH is 1. The number of nitrogens with zero attached hydrogens (tertiary/aromatic N) is 3. The van der Waals surface area contributed by atoms with Crippen LogP contribution in [0.3, 0.4) is 0 Å². The Morgan fingerprint density at radius 1 is 1.29 bits per heavy atom. The van der Waals surface area contributed by atoms with Gasteiger partial charge in [-0.2, -0.15) is 0 Å². The van der Waals surface area contributed by atoms with Crippen LogP contribution in [0.5, 0.6) is 0 Å². The van der Waals surface area contributed by atoms with Crippen molar-refractivity contribution in [1.29, 1.82) is 0 Å². The van der Waals surface area contributed by atoms with Gasteiger partial charge in [0.15, 0.2) is 0 Å². The molecule has 8 heteroatoms. The minimum atomic E-state index is -0.440. The Bertz CT molecular complexity index is 1220. The number of carbonyl (C=O) groups is 1. The van der Waals surface area contributed by atoms with E-state index in [-0.39, 0.29) is 23.8 Å². The summed E-state index contributed by atoms with van der Waals surface area (Å²) in [6.07, 6.45) is 4.87. The topological polar surface area (TPSA) is 78.4 Å². The molecule has 3 heterocycles. The molecule has 3 aromatic rings. The van der Waals surface area contributed by atoms with Crippen LogP contribution in [0, 0.1) is 19.8 Å². The first kappa shape index (κ1) is 23.4. The minimum Gasteiger partial charge on any atom is -0.393 e. The van der Waals surface area contributed by atoms with Gasteiger partial charge in [0.2, 0.25) is 5.78 Å². The van der Waals surface area contributed by atoms with Crippen molar-refractivity contribution in [1.82, 2.24) is 14.9 Å². The summed E-state index contributed by atoms with van der Waals surface area (Å²) in [5.74, 6) is 0.382. The first-order valence-corrected chi connectivity index (χ1v) is 12.7. The molecular formula is C26H28ClN4O2S. The first-order chi connectivity index (χ1) is 16.3. The van der Waals surface area contributed by atoms with E-state index >= 15 is 0 Å². The summed E-state index contributed by atoms with van der Waals surface area (Å²) in [5, 5.41) is 14.1. The highest BCUT2D eigenvalue weighted by Crippen LogP contribution is 2.40. The number of aromatic nitrogens is 2. The van der Waals surface area contributed by atoms with E-state index in [4.69, 9.17) is 11.6 Å². The van der Waals surface area contributed by atoms with Crippen LogP contribution in [-0.4, -0.2) is 51.5 Å². The number of hydrogen-bond donors (Lipinski definition) is 2. The fourth-order valence-electron chi connectivity index (χ4n) is 5.15. The predicted molar refractivity (Wildman–Crippen MR) is 136 cm³/mol. The molecule has 1 saturated carbocycles. The highest BCUT2D eigenvalue weighted by molar-refractivity contribution is 7.14. The molecule has 0 unspecified atom stereocenters. The second kappa shape index (κ2) is 9.38. The molecule has 5 rings (SSSR count). The maximum atomic E-state index is 13.6. The second-order valence-electron chi connectivity index (χ2n) is 9.35. The molecule has 2 aromatic heterocycles. The fraction of sp³-hybridized carbons (Fsp3) is 0.385. The zero-order valence-corrected chi connectivity index (χ0v) is 20.9. The van der Waals surface area contributed by atoms with Crippen molar-refractivity contribution in [3.05, 3.63) is 80.7 Å². The van der Waals surface area contributed by atoms with Crippen LogP contribution in [0.15, 0.2) is 36.8 Å². The second-order valence-corrected chi connectivity index (χ2v) is 11.0. The average molecular weight is 496 g/mol. The molecule has 1 radical (unpaired) electrons. The van der Waals surface area contributed by atoms with Crippen LogP contribution in [0.2, 0.25) is 5.02 Å². The first-order valence-electron chi connectivity index (χ1n) is 11.5. The number of hydrogen-bond acceptors (Lipinski definition) is 7. The van der Waals surface area contributed by atoms with E-state index in [1.807, 2.05) is 12.1 Å². The standard InChI is InChI=1S/C26H28ClN4O2S/c1-14-8-18(10-22(14)32)30-26-21(12-28-13-29-26)25(33)23-11-19(15(2)34-23)24-20-9-17(27)5-4-16(20)6-7-31(24)3/h4-5,9,11-14,18,22,24,32H,1,6-8,10H2,2-3H3,(H,28,29,30)/t14-,18-,22+,24-/m1/s1. The average Bonchev–Trinajstić information content (AvgIpc) is 3.34. The Kier molecular flexibility index (Phi) is 6.46. The van der Waals surface area contributed by atoms with E-state index in [0.717, 1.165) is 34.8 Å². The van der Waals surface area contributed by atoms with Crippen molar-refractivity contribution in [3.8, 4) is 0 Å². The maximum absolute atomic E-state index is 13.6. The molecule has 2 aliphatic rings. The van der Waals surface area contributed by atoms with Crippen molar-refractivity contribution in [3.63, 3.8) is 0 Å². The lowest BCUT2D eigenvalue weighted by molar-refractivity contribution is 0.104. The SMILES string of the molecule is [CH2][C@@H]1C[C@@H](Nc2ncncc2C(=O)c2cc([C@@H]3c4cc(Cl)ccc4CCN3C)c(C)s2)C[C@@H]1O. The van der Waals surface area contributed by atoms with Gasteiger partial charge in [-0.25, -0.2) is 9.97 Å². The van der Waals surface area contributed by atoms with Crippen LogP contribution in [0.1, 0.15) is 55.7 Å². The molecule has 4 atom stereocenters. The summed E-state index contributed by atoms with van der Waals surface area (Å²) in [4.78, 5) is 26.1. The monoisotopic (exact) mass is 495 g/mol. The van der Waals surface area contributed by atoms with E-state index in [2.05, 4.69) is 53.2 Å². The number of fused-ring (bicyclic) bond motifs is 1. The number of thiophene rings is 1. The van der Waals surface area contributed by atoms with Gasteiger partial charge in [-0.05, 0) is 81.0 Å². The van der Waals surface area contributed by atoms with E-state index in [9.17, 15) is 9.90 Å². The number of likely N-dealkylation sites (N-methyl/N-ethyl adjacent to an activating group) is 1. The van der Waals surface area contributed by atoms with Crippen LogP contribution < -0.4 is 5.32 Å². The Labute approximate surface area is 209 Å². The summed E-state index contributed by atoms with van der Waals surface area (Å²) in [5.41, 5.74) is 4.08. The lowest BCUT2D eigenvalue weighted by Crippen LogP contribution is -2.33.